The molecule has 5 rings (SSSR count). The molecule has 10 nitrogen and oxygen atoms in total. The minimum absolute atomic E-state index is 0.0208. The van der Waals surface area contributed by atoms with Gasteiger partial charge in [-0.15, -0.1) is 0 Å². The van der Waals surface area contributed by atoms with Crippen LogP contribution < -0.4 is 5.73 Å². The third-order valence-corrected chi connectivity index (χ3v) is 7.64. The summed E-state index contributed by atoms with van der Waals surface area (Å²) in [5, 5.41) is 11.5. The maximum absolute atomic E-state index is 11.0. The Morgan fingerprint density at radius 2 is 1.94 bits per heavy atom. The van der Waals surface area contributed by atoms with Gasteiger partial charge in [0.15, 0.2) is 28.4 Å². The van der Waals surface area contributed by atoms with Crippen LogP contribution >= 0.6 is 19.6 Å². The number of anilines is 1. The second-order valence-corrected chi connectivity index (χ2v) is 10.9. The van der Waals surface area contributed by atoms with Crippen LogP contribution in [0.2, 0.25) is 0 Å². The molecule has 2 aromatic heterocycles. The van der Waals surface area contributed by atoms with Crippen molar-refractivity contribution in [1.82, 2.24) is 19.5 Å². The molecule has 0 bridgehead atoms. The summed E-state index contributed by atoms with van der Waals surface area (Å²) in [6, 6.07) is 0. The summed E-state index contributed by atoms with van der Waals surface area (Å²) in [6.45, 7) is 1.41. The topological polar surface area (TPSA) is 138 Å². The van der Waals surface area contributed by atoms with Gasteiger partial charge in [0.2, 0.25) is 0 Å². The van der Waals surface area contributed by atoms with Crippen LogP contribution in [0.1, 0.15) is 13.2 Å². The summed E-state index contributed by atoms with van der Waals surface area (Å²) < 4.78 is 18.4. The fourth-order valence-corrected chi connectivity index (χ4v) is 5.82. The van der Waals surface area contributed by atoms with Gasteiger partial charge in [-0.1, -0.05) is 54.3 Å². The lowest BCUT2D eigenvalue weighted by Gasteiger charge is -2.27. The van der Waals surface area contributed by atoms with E-state index < -0.39 is 26.3 Å². The van der Waals surface area contributed by atoms with Crippen LogP contribution in [0.3, 0.4) is 0 Å². The second-order valence-electron chi connectivity index (χ2n) is 8.21. The predicted octanol–water partition coefficient (Wildman–Crippen LogP) is 2.46. The van der Waals surface area contributed by atoms with E-state index in [2.05, 4.69) is 34.3 Å². The van der Waals surface area contributed by atoms with E-state index in [1.54, 1.807) is 11.5 Å². The van der Waals surface area contributed by atoms with Crippen molar-refractivity contribution in [3.63, 3.8) is 0 Å². The summed E-state index contributed by atoms with van der Waals surface area (Å²) in [7, 11) is 2.12. The Bertz CT molecular complexity index is 1200. The minimum Gasteiger partial charge on any atom is -0.386 e. The van der Waals surface area contributed by atoms with Crippen molar-refractivity contribution >= 4 is 44.1 Å². The van der Waals surface area contributed by atoms with Crippen LogP contribution in [0, 0.1) is 11.8 Å². The highest BCUT2D eigenvalue weighted by atomic mass is 32.2. The molecule has 0 saturated carbocycles. The molecular weight excluding hydrogens is 476 g/mol. The number of nitrogens with zero attached hydrogens (tertiary/aromatic N) is 4. The van der Waals surface area contributed by atoms with Gasteiger partial charge in [0.1, 0.15) is 25.6 Å². The Morgan fingerprint density at radius 1 is 1.18 bits per heavy atom. The van der Waals surface area contributed by atoms with E-state index in [0.29, 0.717) is 22.2 Å². The Kier molecular flexibility index (Phi) is 6.65. The van der Waals surface area contributed by atoms with Crippen LogP contribution in [-0.2, 0) is 13.8 Å². The van der Waals surface area contributed by atoms with Gasteiger partial charge in [-0.05, 0) is 6.92 Å². The molecule has 2 radical (unpaired) electrons. The van der Waals surface area contributed by atoms with E-state index >= 15 is 0 Å². The average molecular weight is 500 g/mol. The van der Waals surface area contributed by atoms with Gasteiger partial charge in [0, 0.05) is 16.7 Å². The number of aromatic nitrogens is 4. The van der Waals surface area contributed by atoms with Crippen molar-refractivity contribution in [1.29, 1.82) is 0 Å². The lowest BCUT2D eigenvalue weighted by Crippen LogP contribution is -2.33. The fraction of sp³-hybridized carbons (Fsp3) is 0.381. The first kappa shape index (κ1) is 23.7. The van der Waals surface area contributed by atoms with Gasteiger partial charge in [-0.3, -0.25) is 4.57 Å². The van der Waals surface area contributed by atoms with Crippen molar-refractivity contribution < 1.29 is 23.8 Å². The van der Waals surface area contributed by atoms with Crippen LogP contribution in [0.25, 0.3) is 11.2 Å². The van der Waals surface area contributed by atoms with Crippen molar-refractivity contribution in [2.45, 2.75) is 30.5 Å². The highest BCUT2D eigenvalue weighted by Crippen LogP contribution is 2.52. The number of nitrogen functional groups attached to an aromatic ring is 1. The molecule has 1 fully saturated rings. The first-order chi connectivity index (χ1) is 16.3. The normalized spacial score (nSPS) is 33.7. The summed E-state index contributed by atoms with van der Waals surface area (Å²) in [4.78, 5) is 24.2. The third kappa shape index (κ3) is 4.85. The highest BCUT2D eigenvalue weighted by Gasteiger charge is 2.40. The Balaban J connectivity index is 1.54. The standard InChI is InChI=1S/C21H24BN5O5PS/c1-12-9-30-33(22,29)31-10-16(28)20(32-12)27-19-17(18(23)24-11-25-19)26-21(27)34-15-7-6-13-4-2-3-5-14(13)8-15/h2-8,11-14,16,20,28-29H,9-10H2,1H3,(H2,23,24,25)/q+1/t12-,13?,14+,16-,20+,33?/m0/s1. The number of aliphatic hydroxyl groups is 1. The van der Waals surface area contributed by atoms with E-state index in [1.807, 2.05) is 18.2 Å². The zero-order valence-corrected chi connectivity index (χ0v) is 20.0. The highest BCUT2D eigenvalue weighted by molar-refractivity contribution is 8.03. The number of ether oxygens (including phenoxy) is 1. The molecule has 1 aliphatic heterocycles. The van der Waals surface area contributed by atoms with Gasteiger partial charge in [0.25, 0.3) is 0 Å². The van der Waals surface area contributed by atoms with Crippen LogP contribution in [0.15, 0.2) is 58.9 Å². The molecule has 2 aromatic rings. The number of rotatable bonds is 3. The zero-order chi connectivity index (χ0) is 23.9. The summed E-state index contributed by atoms with van der Waals surface area (Å²) >= 11 is 1.41. The number of thioether (sulfide) groups is 1. The number of imidazole rings is 1. The predicted molar refractivity (Wildman–Crippen MR) is 130 cm³/mol. The summed E-state index contributed by atoms with van der Waals surface area (Å²) in [5.41, 5.74) is 6.89. The van der Waals surface area contributed by atoms with Crippen molar-refractivity contribution in [3.8, 4) is 0 Å². The molecule has 2 unspecified atom stereocenters. The maximum atomic E-state index is 11.0. The molecule has 3 aliphatic rings. The Hall–Kier alpha value is -2.05. The van der Waals surface area contributed by atoms with Crippen molar-refractivity contribution in [2.75, 3.05) is 18.9 Å². The lowest BCUT2D eigenvalue weighted by molar-refractivity contribution is -0.124. The number of hydrogen-bond acceptors (Lipinski definition) is 10. The van der Waals surface area contributed by atoms with Crippen LogP contribution in [0.4, 0.5) is 5.82 Å². The Labute approximate surface area is 202 Å². The molecule has 2 aliphatic carbocycles. The smallest absolute Gasteiger partial charge is 0.386 e. The molecular formula is C21H24BN5O5PS+. The minimum atomic E-state index is -3.57. The number of nitrogens with two attached hydrogens (primary N) is 1. The summed E-state index contributed by atoms with van der Waals surface area (Å²) in [5.74, 6) is 0.792. The van der Waals surface area contributed by atoms with Gasteiger partial charge < -0.3 is 15.6 Å². The van der Waals surface area contributed by atoms with Gasteiger partial charge >= 0.3 is 15.4 Å². The van der Waals surface area contributed by atoms with Crippen LogP contribution in [0.5, 0.6) is 0 Å². The molecule has 4 N–H and O–H groups in total. The van der Waals surface area contributed by atoms with E-state index in [1.165, 1.54) is 18.1 Å². The largest absolute Gasteiger partial charge is 0.488 e. The lowest BCUT2D eigenvalue weighted by atomic mass is 9.85. The molecule has 176 valence electrons. The maximum Gasteiger partial charge on any atom is 0.488 e. The quantitative estimate of drug-likeness (QED) is 0.426. The van der Waals surface area contributed by atoms with E-state index in [-0.39, 0.29) is 24.9 Å². The van der Waals surface area contributed by atoms with Crippen LogP contribution in [-0.4, -0.2) is 62.5 Å². The first-order valence-corrected chi connectivity index (χ1v) is 13.2. The first-order valence-electron chi connectivity index (χ1n) is 10.7. The number of fused-ring (bicyclic) bond motifs is 2. The number of hydrogen-bond donors (Lipinski definition) is 3. The molecule has 6 atom stereocenters. The van der Waals surface area contributed by atoms with Crippen molar-refractivity contribution in [2.24, 2.45) is 11.8 Å². The van der Waals surface area contributed by atoms with Gasteiger partial charge in [-0.25, -0.2) is 19.8 Å². The molecule has 34 heavy (non-hydrogen) atoms. The van der Waals surface area contributed by atoms with Gasteiger partial charge in [0.05, 0.1) is 6.10 Å². The average Bonchev–Trinajstić information content (AvgIpc) is 3.19. The van der Waals surface area contributed by atoms with E-state index in [0.717, 1.165) is 4.91 Å². The molecule has 0 spiro atoms. The Morgan fingerprint density at radius 3 is 2.76 bits per heavy atom. The third-order valence-electron chi connectivity index (χ3n) is 5.62. The number of allylic oxidation sites excluding steroid dienone is 7. The zero-order valence-electron chi connectivity index (χ0n) is 18.3. The second kappa shape index (κ2) is 9.54. The molecule has 13 heteroatoms. The van der Waals surface area contributed by atoms with E-state index in [9.17, 15) is 10.00 Å². The molecule has 3 heterocycles. The fourth-order valence-electron chi connectivity index (χ4n) is 3.95. The molecule has 0 aromatic carbocycles. The number of aliphatic hydroxyl groups excluding tert-OH is 1. The molecule has 1 saturated heterocycles. The summed E-state index contributed by atoms with van der Waals surface area (Å²) in [6.07, 6.45) is 13.4. The van der Waals surface area contributed by atoms with Crippen molar-refractivity contribution in [3.05, 3.63) is 53.8 Å². The van der Waals surface area contributed by atoms with E-state index in [4.69, 9.17) is 32.1 Å². The SMILES string of the molecule is [B][P+]1(O)OC[C@H](C)O[C@@H](n2c(SC3=C[C@H]4C=CC=CC4C=C3)nc3c(N)ncnc32)[C@@H](O)CO1. The molecule has 0 amide bonds. The monoisotopic (exact) mass is 500 g/mol. The van der Waals surface area contributed by atoms with Gasteiger partial charge in [-0.2, -0.15) is 9.05 Å².